The second-order valence-corrected chi connectivity index (χ2v) is 3.95. The summed E-state index contributed by atoms with van der Waals surface area (Å²) >= 11 is 0. The van der Waals surface area contributed by atoms with Gasteiger partial charge in [-0.3, -0.25) is 0 Å². The molecule has 0 unspecified atom stereocenters. The predicted octanol–water partition coefficient (Wildman–Crippen LogP) is 2.90. The first kappa shape index (κ1) is 13.3. The van der Waals surface area contributed by atoms with E-state index in [9.17, 15) is 22.4 Å². The minimum Gasteiger partial charge on any atom is -0.478 e. The van der Waals surface area contributed by atoms with Crippen molar-refractivity contribution in [1.29, 1.82) is 0 Å². The number of aromatic nitrogens is 2. The van der Waals surface area contributed by atoms with Gasteiger partial charge in [0.05, 0.1) is 17.5 Å². The smallest absolute Gasteiger partial charge is 0.389 e. The number of aromatic amines is 1. The highest BCUT2D eigenvalue weighted by atomic mass is 19.4. The Labute approximate surface area is 104 Å². The largest absolute Gasteiger partial charge is 0.478 e. The van der Waals surface area contributed by atoms with E-state index in [0.29, 0.717) is 0 Å². The molecule has 2 rings (SSSR count). The van der Waals surface area contributed by atoms with Crippen LogP contribution in [0.25, 0.3) is 11.0 Å². The quantitative estimate of drug-likeness (QED) is 0.847. The average Bonchev–Trinajstić information content (AvgIpc) is 2.66. The van der Waals surface area contributed by atoms with Crippen LogP contribution in [0, 0.1) is 5.82 Å². The van der Waals surface area contributed by atoms with Crippen LogP contribution < -0.4 is 0 Å². The Morgan fingerprint density at radius 3 is 2.63 bits per heavy atom. The highest BCUT2D eigenvalue weighted by molar-refractivity contribution is 6.00. The first-order chi connectivity index (χ1) is 8.76. The zero-order chi connectivity index (χ0) is 14.2. The molecule has 0 bridgehead atoms. The van der Waals surface area contributed by atoms with E-state index in [4.69, 9.17) is 5.11 Å². The summed E-state index contributed by atoms with van der Waals surface area (Å²) < 4.78 is 49.4. The number of aromatic carboxylic acids is 1. The van der Waals surface area contributed by atoms with Gasteiger partial charge in [0.15, 0.2) is 0 Å². The molecule has 0 aliphatic rings. The van der Waals surface area contributed by atoms with E-state index in [-0.39, 0.29) is 22.4 Å². The predicted molar refractivity (Wildman–Crippen MR) is 57.4 cm³/mol. The number of alkyl halides is 3. The lowest BCUT2D eigenvalue weighted by Crippen LogP contribution is -2.09. The second-order valence-electron chi connectivity index (χ2n) is 3.95. The molecule has 0 atom stereocenters. The van der Waals surface area contributed by atoms with Gasteiger partial charge in [-0.15, -0.1) is 0 Å². The Hall–Kier alpha value is -2.12. The molecule has 0 amide bonds. The lowest BCUT2D eigenvalue weighted by molar-refractivity contribution is -0.134. The van der Waals surface area contributed by atoms with Crippen molar-refractivity contribution in [2.24, 2.45) is 0 Å². The Morgan fingerprint density at radius 2 is 2.05 bits per heavy atom. The monoisotopic (exact) mass is 276 g/mol. The summed E-state index contributed by atoms with van der Waals surface area (Å²) in [5.41, 5.74) is -0.370. The molecule has 0 saturated carbocycles. The van der Waals surface area contributed by atoms with Crippen molar-refractivity contribution < 1.29 is 27.5 Å². The number of benzene rings is 1. The number of carboxylic acids is 1. The number of nitrogens with zero attached hydrogens (tertiary/aromatic N) is 1. The fourth-order valence-electron chi connectivity index (χ4n) is 1.67. The summed E-state index contributed by atoms with van der Waals surface area (Å²) in [6.07, 6.45) is -5.84. The van der Waals surface area contributed by atoms with Crippen LogP contribution >= 0.6 is 0 Å². The van der Waals surface area contributed by atoms with E-state index >= 15 is 0 Å². The summed E-state index contributed by atoms with van der Waals surface area (Å²) in [5, 5.41) is 8.88. The number of carbonyl (C=O) groups is 1. The maximum Gasteiger partial charge on any atom is 0.389 e. The normalized spacial score (nSPS) is 12.0. The minimum atomic E-state index is -4.33. The highest BCUT2D eigenvalue weighted by Crippen LogP contribution is 2.23. The van der Waals surface area contributed by atoms with Crippen molar-refractivity contribution >= 4 is 17.0 Å². The number of H-pyrrole nitrogens is 1. The molecule has 102 valence electrons. The molecular weight excluding hydrogens is 268 g/mol. The topological polar surface area (TPSA) is 66.0 Å². The molecule has 0 saturated heterocycles. The Bertz CT molecular complexity index is 633. The molecule has 2 N–H and O–H groups in total. The van der Waals surface area contributed by atoms with Crippen LogP contribution in [0.1, 0.15) is 22.6 Å². The van der Waals surface area contributed by atoms with Crippen molar-refractivity contribution in [2.75, 3.05) is 0 Å². The van der Waals surface area contributed by atoms with E-state index in [1.54, 1.807) is 0 Å². The summed E-state index contributed by atoms with van der Waals surface area (Å²) in [5.74, 6) is -2.21. The summed E-state index contributed by atoms with van der Waals surface area (Å²) in [4.78, 5) is 17.2. The molecule has 4 nitrogen and oxygen atoms in total. The summed E-state index contributed by atoms with van der Waals surface area (Å²) in [6.45, 7) is 0. The number of rotatable bonds is 3. The molecule has 0 aliphatic heterocycles. The van der Waals surface area contributed by atoms with Crippen LogP contribution in [0.3, 0.4) is 0 Å². The number of aryl methyl sites for hydroxylation is 1. The van der Waals surface area contributed by atoms with Gasteiger partial charge in [-0.05, 0) is 12.1 Å². The Balaban J connectivity index is 2.40. The zero-order valence-corrected chi connectivity index (χ0v) is 9.38. The molecule has 19 heavy (non-hydrogen) atoms. The maximum atomic E-state index is 13.2. The molecule has 0 fully saturated rings. The van der Waals surface area contributed by atoms with Gasteiger partial charge < -0.3 is 10.1 Å². The number of nitrogens with one attached hydrogen (secondary N) is 1. The molecular formula is C11H8F4N2O2. The van der Waals surface area contributed by atoms with Gasteiger partial charge in [0.2, 0.25) is 0 Å². The fourth-order valence-corrected chi connectivity index (χ4v) is 1.67. The van der Waals surface area contributed by atoms with Crippen molar-refractivity contribution in [2.45, 2.75) is 19.0 Å². The van der Waals surface area contributed by atoms with Crippen molar-refractivity contribution in [1.82, 2.24) is 9.97 Å². The van der Waals surface area contributed by atoms with E-state index in [1.165, 1.54) is 0 Å². The third-order valence-electron chi connectivity index (χ3n) is 2.48. The highest BCUT2D eigenvalue weighted by Gasteiger charge is 2.27. The van der Waals surface area contributed by atoms with E-state index in [0.717, 1.165) is 12.1 Å². The van der Waals surface area contributed by atoms with Crippen molar-refractivity contribution in [3.63, 3.8) is 0 Å². The first-order valence-corrected chi connectivity index (χ1v) is 5.24. The number of hydrogen-bond donors (Lipinski definition) is 2. The summed E-state index contributed by atoms with van der Waals surface area (Å²) in [7, 11) is 0. The van der Waals surface area contributed by atoms with Gasteiger partial charge in [0.1, 0.15) is 17.2 Å². The molecule has 1 heterocycles. The number of halogens is 4. The first-order valence-electron chi connectivity index (χ1n) is 5.24. The number of fused-ring (bicyclic) bond motifs is 1. The van der Waals surface area contributed by atoms with Gasteiger partial charge in [-0.2, -0.15) is 13.2 Å². The Morgan fingerprint density at radius 1 is 1.37 bits per heavy atom. The van der Waals surface area contributed by atoms with E-state index in [1.807, 2.05) is 0 Å². The van der Waals surface area contributed by atoms with Gasteiger partial charge >= 0.3 is 12.1 Å². The third kappa shape index (κ3) is 3.01. The fraction of sp³-hybridized carbons (Fsp3) is 0.273. The lowest BCUT2D eigenvalue weighted by atomic mass is 10.2. The van der Waals surface area contributed by atoms with Gasteiger partial charge in [-0.25, -0.2) is 14.2 Å². The molecule has 1 aromatic heterocycles. The molecule has 1 aromatic carbocycles. The van der Waals surface area contributed by atoms with E-state index < -0.39 is 30.8 Å². The third-order valence-corrected chi connectivity index (χ3v) is 2.48. The Kier molecular flexibility index (Phi) is 3.17. The number of imidazole rings is 1. The van der Waals surface area contributed by atoms with Crippen LogP contribution in [0.4, 0.5) is 17.6 Å². The number of carboxylic acid groups (broad SMARTS) is 1. The van der Waals surface area contributed by atoms with Crippen LogP contribution in [-0.2, 0) is 6.42 Å². The van der Waals surface area contributed by atoms with Crippen LogP contribution in [0.2, 0.25) is 0 Å². The van der Waals surface area contributed by atoms with Crippen LogP contribution in [0.5, 0.6) is 0 Å². The van der Waals surface area contributed by atoms with Crippen LogP contribution in [-0.4, -0.2) is 27.2 Å². The summed E-state index contributed by atoms with van der Waals surface area (Å²) in [6, 6.07) is 1.77. The van der Waals surface area contributed by atoms with Gasteiger partial charge in [0.25, 0.3) is 0 Å². The minimum absolute atomic E-state index is 0.0274. The lowest BCUT2D eigenvalue weighted by Gasteiger charge is -2.02. The van der Waals surface area contributed by atoms with Crippen LogP contribution in [0.15, 0.2) is 12.1 Å². The van der Waals surface area contributed by atoms with Crippen molar-refractivity contribution in [3.8, 4) is 0 Å². The standard InChI is InChI=1S/C11H8F4N2O2/c12-5-3-6(10(18)19)9-7(4-5)16-8(17-9)1-2-11(13,14)15/h3-4H,1-2H2,(H,16,17)(H,18,19). The maximum absolute atomic E-state index is 13.2. The molecule has 0 radical (unpaired) electrons. The van der Waals surface area contributed by atoms with Gasteiger partial charge in [-0.1, -0.05) is 0 Å². The molecule has 8 heteroatoms. The second kappa shape index (κ2) is 4.52. The molecule has 2 aromatic rings. The number of hydrogen-bond acceptors (Lipinski definition) is 2. The average molecular weight is 276 g/mol. The zero-order valence-electron chi connectivity index (χ0n) is 9.38. The van der Waals surface area contributed by atoms with E-state index in [2.05, 4.69) is 9.97 Å². The molecule has 0 spiro atoms. The molecule has 0 aliphatic carbocycles. The van der Waals surface area contributed by atoms with Crippen molar-refractivity contribution in [3.05, 3.63) is 29.3 Å². The van der Waals surface area contributed by atoms with Gasteiger partial charge in [0, 0.05) is 6.42 Å². The SMILES string of the molecule is O=C(O)c1cc(F)cc2[nH]c(CCC(F)(F)F)nc12.